The molecular weight excluding hydrogens is 318 g/mol. The standard InChI is InChI=1S/C18H16N5O2/c1-2-25-18(24)16(13-19)17-20-22(14-9-5-3-6-10-14)23(21-17)15-11-7-4-8-12-15/h3-12,16H,2H2,1H3/q+1. The van der Waals surface area contributed by atoms with Gasteiger partial charge in [0.25, 0.3) is 0 Å². The summed E-state index contributed by atoms with van der Waals surface area (Å²) in [6.07, 6.45) is 0. The second kappa shape index (κ2) is 7.36. The van der Waals surface area contributed by atoms with E-state index in [1.807, 2.05) is 66.7 Å². The molecule has 0 saturated carbocycles. The van der Waals surface area contributed by atoms with Crippen LogP contribution in [0.2, 0.25) is 0 Å². The lowest BCUT2D eigenvalue weighted by molar-refractivity contribution is -0.735. The van der Waals surface area contributed by atoms with Gasteiger partial charge in [-0.25, -0.2) is 0 Å². The Balaban J connectivity index is 2.12. The normalized spacial score (nSPS) is 11.5. The van der Waals surface area contributed by atoms with Gasteiger partial charge < -0.3 is 4.74 Å². The van der Waals surface area contributed by atoms with E-state index in [0.717, 1.165) is 11.4 Å². The fourth-order valence-electron chi connectivity index (χ4n) is 2.31. The maximum absolute atomic E-state index is 12.0. The molecule has 0 amide bonds. The van der Waals surface area contributed by atoms with E-state index in [4.69, 9.17) is 4.74 Å². The van der Waals surface area contributed by atoms with E-state index in [1.165, 1.54) is 0 Å². The van der Waals surface area contributed by atoms with Crippen LogP contribution in [-0.4, -0.2) is 27.6 Å². The molecule has 124 valence electrons. The average Bonchev–Trinajstić information content (AvgIpc) is 3.09. The van der Waals surface area contributed by atoms with Gasteiger partial charge in [-0.1, -0.05) is 36.4 Å². The number of hydrogen-bond donors (Lipinski definition) is 0. The first kappa shape index (κ1) is 16.3. The van der Waals surface area contributed by atoms with E-state index in [0.29, 0.717) is 0 Å². The number of esters is 1. The number of nitriles is 1. The second-order valence-electron chi connectivity index (χ2n) is 5.12. The van der Waals surface area contributed by atoms with Gasteiger partial charge in [-0.15, -0.1) is 0 Å². The quantitative estimate of drug-likeness (QED) is 0.524. The molecule has 0 N–H and O–H groups in total. The summed E-state index contributed by atoms with van der Waals surface area (Å²) in [7, 11) is 0. The predicted octanol–water partition coefficient (Wildman–Crippen LogP) is 1.71. The Hall–Kier alpha value is -3.53. The molecule has 3 aromatic rings. The third kappa shape index (κ3) is 3.38. The lowest BCUT2D eigenvalue weighted by atomic mass is 10.1. The molecule has 0 aliphatic carbocycles. The summed E-state index contributed by atoms with van der Waals surface area (Å²) in [6.45, 7) is 1.88. The van der Waals surface area contributed by atoms with Crippen LogP contribution in [0.5, 0.6) is 0 Å². The van der Waals surface area contributed by atoms with E-state index in [1.54, 1.807) is 16.5 Å². The molecule has 0 saturated heterocycles. The van der Waals surface area contributed by atoms with Crippen molar-refractivity contribution in [3.8, 4) is 17.4 Å². The Bertz CT molecular complexity index is 843. The topological polar surface area (TPSA) is 84.7 Å². The number of nitrogens with zero attached hydrogens (tertiary/aromatic N) is 5. The van der Waals surface area contributed by atoms with Crippen molar-refractivity contribution in [2.24, 2.45) is 0 Å². The Labute approximate surface area is 144 Å². The summed E-state index contributed by atoms with van der Waals surface area (Å²) in [6, 6.07) is 20.7. The van der Waals surface area contributed by atoms with E-state index >= 15 is 0 Å². The summed E-state index contributed by atoms with van der Waals surface area (Å²) < 4.78 is 4.95. The zero-order valence-corrected chi connectivity index (χ0v) is 13.6. The minimum atomic E-state index is -1.18. The molecule has 1 aromatic heterocycles. The largest absolute Gasteiger partial charge is 0.465 e. The highest BCUT2D eigenvalue weighted by molar-refractivity contribution is 5.80. The van der Waals surface area contributed by atoms with Crippen LogP contribution in [0.4, 0.5) is 0 Å². The lowest BCUT2D eigenvalue weighted by Crippen LogP contribution is -2.43. The van der Waals surface area contributed by atoms with Gasteiger partial charge >= 0.3 is 11.8 Å². The summed E-state index contributed by atoms with van der Waals surface area (Å²) in [4.78, 5) is 15.1. The molecule has 0 aliphatic heterocycles. The predicted molar refractivity (Wildman–Crippen MR) is 87.9 cm³/mol. The Morgan fingerprint density at radius 1 is 1.20 bits per heavy atom. The fourth-order valence-corrected chi connectivity index (χ4v) is 2.31. The summed E-state index contributed by atoms with van der Waals surface area (Å²) in [5, 5.41) is 18.1. The summed E-state index contributed by atoms with van der Waals surface area (Å²) in [5.74, 6) is -1.75. The highest BCUT2D eigenvalue weighted by Gasteiger charge is 2.34. The molecule has 0 bridgehead atoms. The smallest absolute Gasteiger partial charge is 0.338 e. The van der Waals surface area contributed by atoms with Gasteiger partial charge in [-0.2, -0.15) is 5.26 Å². The number of aromatic nitrogens is 4. The number of hydrogen-bond acceptors (Lipinski definition) is 5. The number of carbonyl (C=O) groups excluding carboxylic acids is 1. The molecule has 7 heteroatoms. The van der Waals surface area contributed by atoms with Crippen molar-refractivity contribution < 1.29 is 14.3 Å². The first-order chi connectivity index (χ1) is 12.2. The number of benzene rings is 2. The van der Waals surface area contributed by atoms with Gasteiger partial charge in [-0.3, -0.25) is 4.79 Å². The zero-order valence-electron chi connectivity index (χ0n) is 13.6. The maximum atomic E-state index is 12.0. The highest BCUT2D eigenvalue weighted by Crippen LogP contribution is 2.13. The second-order valence-corrected chi connectivity index (χ2v) is 5.12. The minimum absolute atomic E-state index is 0.0913. The minimum Gasteiger partial charge on any atom is -0.465 e. The molecule has 0 spiro atoms. The van der Waals surface area contributed by atoms with Gasteiger partial charge in [-0.05, 0) is 41.1 Å². The highest BCUT2D eigenvalue weighted by atomic mass is 16.5. The van der Waals surface area contributed by atoms with E-state index < -0.39 is 11.9 Å². The summed E-state index contributed by atoms with van der Waals surface area (Å²) in [5.41, 5.74) is 1.51. The fraction of sp³-hybridized carbons (Fsp3) is 0.167. The molecule has 1 unspecified atom stereocenters. The van der Waals surface area contributed by atoms with Crippen LogP contribution < -0.4 is 4.80 Å². The molecule has 7 nitrogen and oxygen atoms in total. The van der Waals surface area contributed by atoms with Crippen molar-refractivity contribution in [3.63, 3.8) is 0 Å². The lowest BCUT2D eigenvalue weighted by Gasteiger charge is -2.00. The monoisotopic (exact) mass is 334 g/mol. The first-order valence-corrected chi connectivity index (χ1v) is 7.81. The third-order valence-electron chi connectivity index (χ3n) is 3.46. The van der Waals surface area contributed by atoms with Gasteiger partial charge in [0.2, 0.25) is 5.92 Å². The molecule has 0 aliphatic rings. The van der Waals surface area contributed by atoms with Gasteiger partial charge in [0, 0.05) is 4.80 Å². The third-order valence-corrected chi connectivity index (χ3v) is 3.46. The van der Waals surface area contributed by atoms with Crippen molar-refractivity contribution >= 4 is 5.97 Å². The van der Waals surface area contributed by atoms with Gasteiger partial charge in [0.15, 0.2) is 5.69 Å². The van der Waals surface area contributed by atoms with Crippen LogP contribution in [0.1, 0.15) is 18.7 Å². The van der Waals surface area contributed by atoms with Crippen LogP contribution in [-0.2, 0) is 9.53 Å². The maximum Gasteiger partial charge on any atom is 0.338 e. The Morgan fingerprint density at radius 3 is 2.44 bits per heavy atom. The SMILES string of the molecule is CCOC(=O)C(C#N)c1nn(-c2ccccc2)[n+](-c2ccccc2)n1. The van der Waals surface area contributed by atoms with Crippen LogP contribution in [0.15, 0.2) is 60.7 Å². The van der Waals surface area contributed by atoms with Crippen molar-refractivity contribution in [1.82, 2.24) is 15.0 Å². The molecule has 3 rings (SSSR count). The molecule has 25 heavy (non-hydrogen) atoms. The number of rotatable bonds is 5. The van der Waals surface area contributed by atoms with Crippen LogP contribution in [0.25, 0.3) is 11.4 Å². The number of tetrazole rings is 1. The molecule has 1 heterocycles. The van der Waals surface area contributed by atoms with E-state index in [9.17, 15) is 10.1 Å². The number of para-hydroxylation sites is 2. The van der Waals surface area contributed by atoms with Crippen LogP contribution >= 0.6 is 0 Å². The van der Waals surface area contributed by atoms with Crippen molar-refractivity contribution in [2.45, 2.75) is 12.8 Å². The first-order valence-electron chi connectivity index (χ1n) is 7.81. The Morgan fingerprint density at radius 2 is 1.84 bits per heavy atom. The molecule has 0 radical (unpaired) electrons. The van der Waals surface area contributed by atoms with Gasteiger partial charge in [0.1, 0.15) is 5.69 Å². The number of ether oxygens (including phenoxy) is 1. The molecule has 2 aromatic carbocycles. The Kier molecular flexibility index (Phi) is 4.81. The van der Waals surface area contributed by atoms with Crippen molar-refractivity contribution in [2.75, 3.05) is 6.61 Å². The van der Waals surface area contributed by atoms with Crippen molar-refractivity contribution in [3.05, 3.63) is 66.5 Å². The van der Waals surface area contributed by atoms with Crippen LogP contribution in [0.3, 0.4) is 0 Å². The average molecular weight is 334 g/mol. The van der Waals surface area contributed by atoms with Gasteiger partial charge in [0.05, 0.1) is 17.8 Å². The van der Waals surface area contributed by atoms with E-state index in [-0.39, 0.29) is 12.4 Å². The molecule has 0 fully saturated rings. The van der Waals surface area contributed by atoms with Crippen LogP contribution in [0, 0.1) is 11.3 Å². The summed E-state index contributed by atoms with van der Waals surface area (Å²) >= 11 is 0. The molecular formula is C18H16N5O2+. The number of carbonyl (C=O) groups is 1. The van der Waals surface area contributed by atoms with Crippen molar-refractivity contribution in [1.29, 1.82) is 5.26 Å². The zero-order chi connectivity index (χ0) is 17.6. The molecule has 1 atom stereocenters. The van der Waals surface area contributed by atoms with E-state index in [2.05, 4.69) is 10.2 Å².